The number of rotatable bonds is 2. The second-order valence-corrected chi connectivity index (χ2v) is 4.64. The molecule has 2 rings (SSSR count). The van der Waals surface area contributed by atoms with E-state index in [1.807, 2.05) is 0 Å². The van der Waals surface area contributed by atoms with Crippen LogP contribution in [0.15, 0.2) is 16.6 Å². The molecule has 100 valence electrons. The summed E-state index contributed by atoms with van der Waals surface area (Å²) < 4.78 is 49.5. The lowest BCUT2D eigenvalue weighted by atomic mass is 10.1. The molecule has 1 aromatic rings. The molecule has 1 aliphatic heterocycles. The summed E-state index contributed by atoms with van der Waals surface area (Å²) in [5.74, 6) is 0.790. The van der Waals surface area contributed by atoms with Gasteiger partial charge in [-0.25, -0.2) is 0 Å². The molecule has 7 heteroatoms. The van der Waals surface area contributed by atoms with Crippen LogP contribution in [-0.4, -0.2) is 26.4 Å². The van der Waals surface area contributed by atoms with Gasteiger partial charge in [0, 0.05) is 4.47 Å². The van der Waals surface area contributed by atoms with Crippen LogP contribution in [0.5, 0.6) is 11.5 Å². The second kappa shape index (κ2) is 4.97. The number of halogens is 4. The number of benzene rings is 1. The van der Waals surface area contributed by atoms with Crippen LogP contribution in [0.25, 0.3) is 0 Å². The van der Waals surface area contributed by atoms with Gasteiger partial charge in [0.15, 0.2) is 11.5 Å². The highest BCUT2D eigenvalue weighted by Gasteiger charge is 2.41. The average Bonchev–Trinajstić information content (AvgIpc) is 2.29. The number of alkyl halides is 3. The Labute approximate surface area is 110 Å². The van der Waals surface area contributed by atoms with E-state index in [0.29, 0.717) is 29.2 Å². The fourth-order valence-corrected chi connectivity index (χ4v) is 2.35. The first-order valence-electron chi connectivity index (χ1n) is 5.26. The van der Waals surface area contributed by atoms with Crippen molar-refractivity contribution in [1.82, 2.24) is 5.32 Å². The summed E-state index contributed by atoms with van der Waals surface area (Å²) in [6.07, 6.45) is -4.37. The summed E-state index contributed by atoms with van der Waals surface area (Å²) in [7, 11) is 1.27. The van der Waals surface area contributed by atoms with Crippen molar-refractivity contribution in [1.29, 1.82) is 0 Å². The monoisotopic (exact) mass is 325 g/mol. The smallest absolute Gasteiger partial charge is 0.407 e. The molecule has 1 aliphatic rings. The van der Waals surface area contributed by atoms with Gasteiger partial charge in [0.25, 0.3) is 0 Å². The SMILES string of the molecule is CNC(c1cc2c(cc1Br)OCCO2)C(F)(F)F. The van der Waals surface area contributed by atoms with Gasteiger partial charge in [-0.15, -0.1) is 0 Å². The van der Waals surface area contributed by atoms with E-state index in [4.69, 9.17) is 9.47 Å². The number of hydrogen-bond acceptors (Lipinski definition) is 3. The Morgan fingerprint density at radius 2 is 1.78 bits per heavy atom. The van der Waals surface area contributed by atoms with Gasteiger partial charge in [0.2, 0.25) is 0 Å². The van der Waals surface area contributed by atoms with E-state index in [1.54, 1.807) is 0 Å². The van der Waals surface area contributed by atoms with Crippen LogP contribution in [0.3, 0.4) is 0 Å². The second-order valence-electron chi connectivity index (χ2n) is 3.78. The van der Waals surface area contributed by atoms with Crippen LogP contribution in [-0.2, 0) is 0 Å². The van der Waals surface area contributed by atoms with E-state index >= 15 is 0 Å². The third kappa shape index (κ3) is 2.56. The molecular weight excluding hydrogens is 315 g/mol. The van der Waals surface area contributed by atoms with E-state index in [1.165, 1.54) is 19.2 Å². The van der Waals surface area contributed by atoms with Gasteiger partial charge in [-0.2, -0.15) is 13.2 Å². The summed E-state index contributed by atoms with van der Waals surface area (Å²) in [5, 5.41) is 2.25. The summed E-state index contributed by atoms with van der Waals surface area (Å²) in [6.45, 7) is 0.734. The van der Waals surface area contributed by atoms with Crippen LogP contribution in [0.2, 0.25) is 0 Å². The molecule has 0 spiro atoms. The first kappa shape index (κ1) is 13.5. The molecule has 0 saturated heterocycles. The van der Waals surface area contributed by atoms with Crippen molar-refractivity contribution < 1.29 is 22.6 Å². The zero-order chi connectivity index (χ0) is 13.3. The van der Waals surface area contributed by atoms with Crippen LogP contribution < -0.4 is 14.8 Å². The Morgan fingerprint density at radius 3 is 2.28 bits per heavy atom. The molecule has 1 heterocycles. The van der Waals surface area contributed by atoms with Crippen molar-refractivity contribution in [2.45, 2.75) is 12.2 Å². The number of fused-ring (bicyclic) bond motifs is 1. The average molecular weight is 326 g/mol. The van der Waals surface area contributed by atoms with Gasteiger partial charge in [0.1, 0.15) is 19.3 Å². The molecule has 0 fully saturated rings. The zero-order valence-corrected chi connectivity index (χ0v) is 11.1. The Balaban J connectivity index is 2.44. The highest BCUT2D eigenvalue weighted by molar-refractivity contribution is 9.10. The first-order chi connectivity index (χ1) is 8.43. The molecule has 0 saturated carbocycles. The lowest BCUT2D eigenvalue weighted by Crippen LogP contribution is -2.32. The Morgan fingerprint density at radius 1 is 1.22 bits per heavy atom. The van der Waals surface area contributed by atoms with Crippen molar-refractivity contribution in [3.8, 4) is 11.5 Å². The highest BCUT2D eigenvalue weighted by atomic mass is 79.9. The molecule has 1 atom stereocenters. The van der Waals surface area contributed by atoms with E-state index in [-0.39, 0.29) is 5.56 Å². The van der Waals surface area contributed by atoms with Gasteiger partial charge < -0.3 is 14.8 Å². The van der Waals surface area contributed by atoms with E-state index in [2.05, 4.69) is 21.2 Å². The van der Waals surface area contributed by atoms with Gasteiger partial charge in [-0.05, 0) is 24.7 Å². The third-order valence-electron chi connectivity index (χ3n) is 2.59. The highest BCUT2D eigenvalue weighted by Crippen LogP contribution is 2.42. The van der Waals surface area contributed by atoms with E-state index in [9.17, 15) is 13.2 Å². The molecule has 3 nitrogen and oxygen atoms in total. The van der Waals surface area contributed by atoms with Crippen molar-refractivity contribution >= 4 is 15.9 Å². The predicted molar refractivity (Wildman–Crippen MR) is 63.0 cm³/mol. The maximum Gasteiger partial charge on any atom is 0.407 e. The minimum atomic E-state index is -4.37. The van der Waals surface area contributed by atoms with E-state index in [0.717, 1.165) is 0 Å². The maximum absolute atomic E-state index is 12.9. The summed E-state index contributed by atoms with van der Waals surface area (Å²) in [6, 6.07) is 1.11. The van der Waals surface area contributed by atoms with Crippen LogP contribution >= 0.6 is 15.9 Å². The van der Waals surface area contributed by atoms with Crippen molar-refractivity contribution in [2.24, 2.45) is 0 Å². The van der Waals surface area contributed by atoms with Crippen LogP contribution in [0.1, 0.15) is 11.6 Å². The van der Waals surface area contributed by atoms with Crippen molar-refractivity contribution in [3.05, 3.63) is 22.2 Å². The lowest BCUT2D eigenvalue weighted by molar-refractivity contribution is -0.156. The maximum atomic E-state index is 12.9. The fraction of sp³-hybridized carbons (Fsp3) is 0.455. The lowest BCUT2D eigenvalue weighted by Gasteiger charge is -2.24. The molecular formula is C11H11BrF3NO2. The number of hydrogen-bond donors (Lipinski definition) is 1. The first-order valence-corrected chi connectivity index (χ1v) is 6.06. The molecule has 1 aromatic carbocycles. The zero-order valence-electron chi connectivity index (χ0n) is 9.47. The molecule has 0 amide bonds. The van der Waals surface area contributed by atoms with Crippen LogP contribution in [0, 0.1) is 0 Å². The number of nitrogens with one attached hydrogen (secondary N) is 1. The van der Waals surface area contributed by atoms with Gasteiger partial charge in [-0.1, -0.05) is 15.9 Å². The van der Waals surface area contributed by atoms with Gasteiger partial charge in [-0.3, -0.25) is 0 Å². The minimum absolute atomic E-state index is 0.0780. The normalized spacial score (nSPS) is 16.5. The third-order valence-corrected chi connectivity index (χ3v) is 3.28. The molecule has 0 aliphatic carbocycles. The number of ether oxygens (including phenoxy) is 2. The summed E-state index contributed by atoms with van der Waals surface area (Å²) in [4.78, 5) is 0. The molecule has 0 bridgehead atoms. The van der Waals surface area contributed by atoms with Gasteiger partial charge >= 0.3 is 6.18 Å². The molecule has 1 N–H and O–H groups in total. The predicted octanol–water partition coefficient (Wildman–Crippen LogP) is 3.04. The topological polar surface area (TPSA) is 30.5 Å². The molecule has 1 unspecified atom stereocenters. The Hall–Kier alpha value is -0.950. The fourth-order valence-electron chi connectivity index (χ4n) is 1.80. The van der Waals surface area contributed by atoms with Crippen LogP contribution in [0.4, 0.5) is 13.2 Å². The Bertz CT molecular complexity index is 451. The largest absolute Gasteiger partial charge is 0.486 e. The molecule has 18 heavy (non-hydrogen) atoms. The van der Waals surface area contributed by atoms with Crippen molar-refractivity contribution in [2.75, 3.05) is 20.3 Å². The minimum Gasteiger partial charge on any atom is -0.486 e. The summed E-state index contributed by atoms with van der Waals surface area (Å²) >= 11 is 3.13. The quantitative estimate of drug-likeness (QED) is 0.906. The molecule has 0 radical (unpaired) electrons. The molecule has 0 aromatic heterocycles. The standard InChI is InChI=1S/C11H11BrF3NO2/c1-16-10(11(13,14)15)6-4-8-9(5-7(6)12)18-3-2-17-8/h4-5,10,16H,2-3H2,1H3. The van der Waals surface area contributed by atoms with E-state index < -0.39 is 12.2 Å². The Kier molecular flexibility index (Phi) is 3.72. The van der Waals surface area contributed by atoms with Gasteiger partial charge in [0.05, 0.1) is 0 Å². The summed E-state index contributed by atoms with van der Waals surface area (Å²) in [5.41, 5.74) is 0.0780. The van der Waals surface area contributed by atoms with Crippen molar-refractivity contribution in [3.63, 3.8) is 0 Å².